The average Bonchev–Trinajstić information content (AvgIpc) is 2.38. The summed E-state index contributed by atoms with van der Waals surface area (Å²) < 4.78 is 1.05. The molecule has 0 aliphatic rings. The summed E-state index contributed by atoms with van der Waals surface area (Å²) >= 11 is 3.48. The summed E-state index contributed by atoms with van der Waals surface area (Å²) in [5.74, 6) is 0. The third kappa shape index (κ3) is 2.83. The summed E-state index contributed by atoms with van der Waals surface area (Å²) in [7, 11) is 0. The standard InChI is InChI=1S/C13H10BrN3/c14-11-5-2-1-4-10(11)9-17-12-6-3-7-16-13(12)8-15/h1-7,17H,9H2. The molecule has 0 radical (unpaired) electrons. The molecule has 0 spiro atoms. The van der Waals surface area contributed by atoms with Crippen molar-refractivity contribution in [3.63, 3.8) is 0 Å². The maximum Gasteiger partial charge on any atom is 0.163 e. The number of nitriles is 1. The van der Waals surface area contributed by atoms with Crippen LogP contribution in [0.1, 0.15) is 11.3 Å². The van der Waals surface area contributed by atoms with E-state index in [1.807, 2.05) is 36.4 Å². The molecule has 1 aromatic carbocycles. The van der Waals surface area contributed by atoms with E-state index in [0.29, 0.717) is 12.2 Å². The molecule has 1 heterocycles. The normalized spacial score (nSPS) is 9.65. The predicted octanol–water partition coefficient (Wildman–Crippen LogP) is 3.33. The van der Waals surface area contributed by atoms with E-state index in [4.69, 9.17) is 5.26 Å². The van der Waals surface area contributed by atoms with Crippen LogP contribution in [-0.2, 0) is 6.54 Å². The molecule has 84 valence electrons. The van der Waals surface area contributed by atoms with E-state index in [-0.39, 0.29) is 0 Å². The Labute approximate surface area is 108 Å². The van der Waals surface area contributed by atoms with Gasteiger partial charge in [-0.1, -0.05) is 34.1 Å². The van der Waals surface area contributed by atoms with Gasteiger partial charge in [0.2, 0.25) is 0 Å². The Balaban J connectivity index is 2.13. The molecule has 0 aliphatic heterocycles. The highest BCUT2D eigenvalue weighted by Crippen LogP contribution is 2.18. The molecule has 3 nitrogen and oxygen atoms in total. The largest absolute Gasteiger partial charge is 0.379 e. The van der Waals surface area contributed by atoms with Crippen LogP contribution in [0, 0.1) is 11.3 Å². The van der Waals surface area contributed by atoms with Gasteiger partial charge in [0.05, 0.1) is 5.69 Å². The van der Waals surface area contributed by atoms with Crippen molar-refractivity contribution in [2.45, 2.75) is 6.54 Å². The highest BCUT2D eigenvalue weighted by Gasteiger charge is 2.02. The highest BCUT2D eigenvalue weighted by molar-refractivity contribution is 9.10. The number of hydrogen-bond acceptors (Lipinski definition) is 3. The predicted molar refractivity (Wildman–Crippen MR) is 70.4 cm³/mol. The van der Waals surface area contributed by atoms with Crippen LogP contribution in [0.15, 0.2) is 47.1 Å². The number of nitrogens with zero attached hydrogens (tertiary/aromatic N) is 2. The van der Waals surface area contributed by atoms with Gasteiger partial charge in [-0.2, -0.15) is 5.26 Å². The van der Waals surface area contributed by atoms with Gasteiger partial charge in [0, 0.05) is 17.2 Å². The maximum atomic E-state index is 8.91. The van der Waals surface area contributed by atoms with E-state index in [1.54, 1.807) is 6.20 Å². The second-order valence-corrected chi connectivity index (χ2v) is 4.31. The van der Waals surface area contributed by atoms with Crippen molar-refractivity contribution in [3.05, 3.63) is 58.3 Å². The molecule has 0 amide bonds. The summed E-state index contributed by atoms with van der Waals surface area (Å²) in [6.45, 7) is 0.655. The number of benzene rings is 1. The number of anilines is 1. The van der Waals surface area contributed by atoms with Crippen LogP contribution in [0.4, 0.5) is 5.69 Å². The van der Waals surface area contributed by atoms with E-state index >= 15 is 0 Å². The Hall–Kier alpha value is -1.86. The molecule has 1 aromatic heterocycles. The highest BCUT2D eigenvalue weighted by atomic mass is 79.9. The van der Waals surface area contributed by atoms with E-state index < -0.39 is 0 Å². The lowest BCUT2D eigenvalue weighted by atomic mass is 10.2. The number of hydrogen-bond donors (Lipinski definition) is 1. The summed E-state index contributed by atoms with van der Waals surface area (Å²) in [5.41, 5.74) is 2.31. The average molecular weight is 288 g/mol. The van der Waals surface area contributed by atoms with Crippen LogP contribution >= 0.6 is 15.9 Å². The molecule has 2 rings (SSSR count). The number of nitrogens with one attached hydrogen (secondary N) is 1. The molecule has 0 bridgehead atoms. The minimum atomic E-state index is 0.416. The SMILES string of the molecule is N#Cc1ncccc1NCc1ccccc1Br. The van der Waals surface area contributed by atoms with Crippen LogP contribution in [-0.4, -0.2) is 4.98 Å². The number of pyridine rings is 1. The van der Waals surface area contributed by atoms with Crippen molar-refractivity contribution in [3.8, 4) is 6.07 Å². The minimum absolute atomic E-state index is 0.416. The Morgan fingerprint density at radius 3 is 2.82 bits per heavy atom. The fourth-order valence-corrected chi connectivity index (χ4v) is 1.89. The Kier molecular flexibility index (Phi) is 3.73. The molecule has 0 saturated heterocycles. The van der Waals surface area contributed by atoms with Crippen LogP contribution in [0.25, 0.3) is 0 Å². The zero-order valence-electron chi connectivity index (χ0n) is 9.02. The van der Waals surface area contributed by atoms with Gasteiger partial charge in [0.1, 0.15) is 6.07 Å². The number of aromatic nitrogens is 1. The van der Waals surface area contributed by atoms with Crippen molar-refractivity contribution in [2.75, 3.05) is 5.32 Å². The molecule has 0 saturated carbocycles. The third-order valence-electron chi connectivity index (χ3n) is 2.34. The lowest BCUT2D eigenvalue weighted by Crippen LogP contribution is -2.02. The monoisotopic (exact) mass is 287 g/mol. The summed E-state index contributed by atoms with van der Waals surface area (Å²) in [6, 6.07) is 13.7. The Bertz CT molecular complexity index is 561. The number of halogens is 1. The first kappa shape index (κ1) is 11.6. The van der Waals surface area contributed by atoms with Crippen LogP contribution in [0.5, 0.6) is 0 Å². The lowest BCUT2D eigenvalue weighted by molar-refractivity contribution is 1.12. The van der Waals surface area contributed by atoms with E-state index in [1.165, 1.54) is 0 Å². The molecular formula is C13H10BrN3. The number of rotatable bonds is 3. The molecule has 0 atom stereocenters. The third-order valence-corrected chi connectivity index (χ3v) is 3.11. The zero-order valence-corrected chi connectivity index (χ0v) is 10.6. The second-order valence-electron chi connectivity index (χ2n) is 3.46. The zero-order chi connectivity index (χ0) is 12.1. The fraction of sp³-hybridized carbons (Fsp3) is 0.0769. The minimum Gasteiger partial charge on any atom is -0.379 e. The van der Waals surface area contributed by atoms with Gasteiger partial charge in [0.15, 0.2) is 5.69 Å². The van der Waals surface area contributed by atoms with Crippen molar-refractivity contribution >= 4 is 21.6 Å². The van der Waals surface area contributed by atoms with E-state index in [9.17, 15) is 0 Å². The molecule has 2 aromatic rings. The first-order valence-corrected chi connectivity index (χ1v) is 5.93. The first-order chi connectivity index (χ1) is 8.31. The molecule has 1 N–H and O–H groups in total. The van der Waals surface area contributed by atoms with Crippen LogP contribution < -0.4 is 5.32 Å². The molecule has 4 heteroatoms. The van der Waals surface area contributed by atoms with Gasteiger partial charge >= 0.3 is 0 Å². The van der Waals surface area contributed by atoms with Crippen molar-refractivity contribution in [1.82, 2.24) is 4.98 Å². The maximum absolute atomic E-state index is 8.91. The van der Waals surface area contributed by atoms with Gasteiger partial charge in [-0.15, -0.1) is 0 Å². The van der Waals surface area contributed by atoms with E-state index in [0.717, 1.165) is 15.7 Å². The summed E-state index contributed by atoms with van der Waals surface area (Å²) in [5, 5.41) is 12.1. The molecule has 17 heavy (non-hydrogen) atoms. The first-order valence-electron chi connectivity index (χ1n) is 5.13. The molecule has 0 fully saturated rings. The van der Waals surface area contributed by atoms with Gasteiger partial charge in [-0.25, -0.2) is 4.98 Å². The van der Waals surface area contributed by atoms with Gasteiger partial charge < -0.3 is 5.32 Å². The summed E-state index contributed by atoms with van der Waals surface area (Å²) in [4.78, 5) is 4.00. The molecule has 0 unspecified atom stereocenters. The smallest absolute Gasteiger partial charge is 0.163 e. The Morgan fingerprint density at radius 1 is 1.24 bits per heavy atom. The summed E-state index contributed by atoms with van der Waals surface area (Å²) in [6.07, 6.45) is 1.61. The topological polar surface area (TPSA) is 48.7 Å². The second kappa shape index (κ2) is 5.46. The van der Waals surface area contributed by atoms with Gasteiger partial charge in [0.25, 0.3) is 0 Å². The van der Waals surface area contributed by atoms with Crippen molar-refractivity contribution in [1.29, 1.82) is 5.26 Å². The molecular weight excluding hydrogens is 278 g/mol. The quantitative estimate of drug-likeness (QED) is 0.942. The van der Waals surface area contributed by atoms with Crippen LogP contribution in [0.3, 0.4) is 0 Å². The molecule has 0 aliphatic carbocycles. The van der Waals surface area contributed by atoms with Gasteiger partial charge in [-0.3, -0.25) is 0 Å². The van der Waals surface area contributed by atoms with E-state index in [2.05, 4.69) is 32.3 Å². The fourth-order valence-electron chi connectivity index (χ4n) is 1.47. The van der Waals surface area contributed by atoms with Gasteiger partial charge in [-0.05, 0) is 23.8 Å². The lowest BCUT2D eigenvalue weighted by Gasteiger charge is -2.08. The van der Waals surface area contributed by atoms with Crippen molar-refractivity contribution < 1.29 is 0 Å². The van der Waals surface area contributed by atoms with Crippen LogP contribution in [0.2, 0.25) is 0 Å². The van der Waals surface area contributed by atoms with Crippen molar-refractivity contribution in [2.24, 2.45) is 0 Å². The Morgan fingerprint density at radius 2 is 2.06 bits per heavy atom.